The number of amides is 1. The molecule has 142 valence electrons. The highest BCUT2D eigenvalue weighted by atomic mass is 127. The molecular formula is C18H30BrIN4O. The van der Waals surface area contributed by atoms with Gasteiger partial charge >= 0.3 is 0 Å². The lowest BCUT2D eigenvalue weighted by Crippen LogP contribution is -2.39. The Morgan fingerprint density at radius 2 is 2.00 bits per heavy atom. The molecule has 0 spiro atoms. The summed E-state index contributed by atoms with van der Waals surface area (Å²) in [4.78, 5) is 18.5. The number of nitrogens with zero attached hydrogens (tertiary/aromatic N) is 2. The van der Waals surface area contributed by atoms with Gasteiger partial charge in [0.15, 0.2) is 5.96 Å². The van der Waals surface area contributed by atoms with Crippen molar-refractivity contribution in [3.8, 4) is 0 Å². The third kappa shape index (κ3) is 9.44. The van der Waals surface area contributed by atoms with Crippen molar-refractivity contribution >= 4 is 51.8 Å². The normalized spacial score (nSPS) is 12.1. The first-order valence-corrected chi connectivity index (χ1v) is 9.29. The first kappa shape index (κ1) is 24.2. The predicted octanol–water partition coefficient (Wildman–Crippen LogP) is 3.77. The summed E-state index contributed by atoms with van der Waals surface area (Å²) in [5, 5.41) is 6.24. The molecule has 0 radical (unpaired) electrons. The molecule has 5 nitrogen and oxygen atoms in total. The monoisotopic (exact) mass is 524 g/mol. The summed E-state index contributed by atoms with van der Waals surface area (Å²) in [6.45, 7) is 8.12. The summed E-state index contributed by atoms with van der Waals surface area (Å²) in [6.07, 6.45) is 1.34. The quantitative estimate of drug-likeness (QED) is 0.309. The van der Waals surface area contributed by atoms with E-state index in [1.807, 2.05) is 39.1 Å². The Balaban J connectivity index is 0.00000576. The second-order valence-electron chi connectivity index (χ2n) is 5.81. The summed E-state index contributed by atoms with van der Waals surface area (Å²) in [7, 11) is 2.00. The molecule has 0 fully saturated rings. The van der Waals surface area contributed by atoms with Crippen LogP contribution in [0.5, 0.6) is 0 Å². The van der Waals surface area contributed by atoms with E-state index >= 15 is 0 Å². The Labute approximate surface area is 177 Å². The van der Waals surface area contributed by atoms with Gasteiger partial charge in [0.1, 0.15) is 0 Å². The minimum Gasteiger partial charge on any atom is -0.357 e. The van der Waals surface area contributed by atoms with Gasteiger partial charge in [-0.2, -0.15) is 0 Å². The van der Waals surface area contributed by atoms with Crippen molar-refractivity contribution in [3.63, 3.8) is 0 Å². The van der Waals surface area contributed by atoms with E-state index in [4.69, 9.17) is 0 Å². The summed E-state index contributed by atoms with van der Waals surface area (Å²) in [5.41, 5.74) is 1.19. The standard InChI is InChI=1S/C18H29BrN4O.HI/c1-5-14(3)22-17(24)11-12-21-18(20-6-2)23(4)13-15-9-7-8-10-16(15)19;/h7-10,14H,5-6,11-13H2,1-4H3,(H,20,21)(H,22,24);1H. The Kier molecular flexibility index (Phi) is 12.9. The van der Waals surface area contributed by atoms with E-state index < -0.39 is 0 Å². The summed E-state index contributed by atoms with van der Waals surface area (Å²) >= 11 is 3.57. The zero-order valence-electron chi connectivity index (χ0n) is 15.5. The van der Waals surface area contributed by atoms with Crippen LogP contribution in [0, 0.1) is 0 Å². The number of aliphatic imine (C=N–C) groups is 1. The van der Waals surface area contributed by atoms with Crippen LogP contribution in [0.2, 0.25) is 0 Å². The van der Waals surface area contributed by atoms with Crippen LogP contribution >= 0.6 is 39.9 Å². The van der Waals surface area contributed by atoms with Gasteiger partial charge in [-0.15, -0.1) is 24.0 Å². The highest BCUT2D eigenvalue weighted by molar-refractivity contribution is 14.0. The molecule has 1 unspecified atom stereocenters. The fourth-order valence-electron chi connectivity index (χ4n) is 2.14. The van der Waals surface area contributed by atoms with E-state index in [9.17, 15) is 4.79 Å². The van der Waals surface area contributed by atoms with Crippen LogP contribution in [-0.4, -0.2) is 42.9 Å². The SMILES string of the molecule is CCNC(=NCCC(=O)NC(C)CC)N(C)Cc1ccccc1Br.I. The molecular weight excluding hydrogens is 495 g/mol. The number of carbonyl (C=O) groups is 1. The van der Waals surface area contributed by atoms with Crippen molar-refractivity contribution in [2.75, 3.05) is 20.1 Å². The third-order valence-corrected chi connectivity index (χ3v) is 4.46. The number of halogens is 2. The highest BCUT2D eigenvalue weighted by Gasteiger charge is 2.09. The third-order valence-electron chi connectivity index (χ3n) is 3.68. The largest absolute Gasteiger partial charge is 0.357 e. The number of rotatable bonds is 8. The molecule has 2 N–H and O–H groups in total. The fourth-order valence-corrected chi connectivity index (χ4v) is 2.55. The second-order valence-corrected chi connectivity index (χ2v) is 6.66. The van der Waals surface area contributed by atoms with Crippen LogP contribution in [0.3, 0.4) is 0 Å². The Hall–Kier alpha value is -0.830. The van der Waals surface area contributed by atoms with E-state index in [1.165, 1.54) is 5.56 Å². The second kappa shape index (κ2) is 13.4. The van der Waals surface area contributed by atoms with Crippen molar-refractivity contribution in [1.29, 1.82) is 0 Å². The van der Waals surface area contributed by atoms with Crippen LogP contribution in [0.25, 0.3) is 0 Å². The molecule has 1 atom stereocenters. The first-order valence-electron chi connectivity index (χ1n) is 8.50. The average Bonchev–Trinajstić information content (AvgIpc) is 2.55. The predicted molar refractivity (Wildman–Crippen MR) is 120 cm³/mol. The molecule has 0 bridgehead atoms. The van der Waals surface area contributed by atoms with E-state index in [-0.39, 0.29) is 35.9 Å². The van der Waals surface area contributed by atoms with Crippen LogP contribution in [0.4, 0.5) is 0 Å². The Morgan fingerprint density at radius 3 is 2.60 bits per heavy atom. The Morgan fingerprint density at radius 1 is 1.32 bits per heavy atom. The molecule has 0 saturated heterocycles. The highest BCUT2D eigenvalue weighted by Crippen LogP contribution is 2.17. The molecule has 0 saturated carbocycles. The molecule has 1 aromatic carbocycles. The zero-order chi connectivity index (χ0) is 17.9. The van der Waals surface area contributed by atoms with Crippen molar-refractivity contribution < 1.29 is 4.79 Å². The van der Waals surface area contributed by atoms with Gasteiger partial charge in [0, 0.05) is 37.1 Å². The van der Waals surface area contributed by atoms with Gasteiger partial charge in [-0.3, -0.25) is 9.79 Å². The molecule has 0 aliphatic rings. The van der Waals surface area contributed by atoms with Gasteiger partial charge in [0.2, 0.25) is 5.91 Å². The number of hydrogen-bond donors (Lipinski definition) is 2. The topological polar surface area (TPSA) is 56.7 Å². The van der Waals surface area contributed by atoms with Crippen LogP contribution in [-0.2, 0) is 11.3 Å². The van der Waals surface area contributed by atoms with Crippen molar-refractivity contribution in [2.45, 2.75) is 46.2 Å². The van der Waals surface area contributed by atoms with Crippen LogP contribution < -0.4 is 10.6 Å². The van der Waals surface area contributed by atoms with Crippen molar-refractivity contribution in [1.82, 2.24) is 15.5 Å². The zero-order valence-corrected chi connectivity index (χ0v) is 19.4. The van der Waals surface area contributed by atoms with Crippen LogP contribution in [0.1, 0.15) is 39.2 Å². The summed E-state index contributed by atoms with van der Waals surface area (Å²) in [5.74, 6) is 0.863. The molecule has 1 rings (SSSR count). The molecule has 0 aliphatic heterocycles. The molecule has 25 heavy (non-hydrogen) atoms. The number of nitrogens with one attached hydrogen (secondary N) is 2. The minimum absolute atomic E-state index is 0. The van der Waals surface area contributed by atoms with Gasteiger partial charge < -0.3 is 15.5 Å². The van der Waals surface area contributed by atoms with E-state index in [0.717, 1.165) is 29.9 Å². The average molecular weight is 525 g/mol. The fraction of sp³-hybridized carbons (Fsp3) is 0.556. The maximum Gasteiger partial charge on any atom is 0.222 e. The van der Waals surface area contributed by atoms with Gasteiger partial charge in [-0.05, 0) is 31.9 Å². The van der Waals surface area contributed by atoms with Gasteiger partial charge in [0.05, 0.1) is 6.54 Å². The molecule has 0 heterocycles. The van der Waals surface area contributed by atoms with Gasteiger partial charge in [-0.25, -0.2) is 0 Å². The first-order chi connectivity index (χ1) is 11.5. The molecule has 0 aromatic heterocycles. The van der Waals surface area contributed by atoms with Gasteiger partial charge in [-0.1, -0.05) is 41.1 Å². The molecule has 1 amide bonds. The smallest absolute Gasteiger partial charge is 0.222 e. The lowest BCUT2D eigenvalue weighted by Gasteiger charge is -2.22. The number of hydrogen-bond acceptors (Lipinski definition) is 2. The maximum absolute atomic E-state index is 11.8. The summed E-state index contributed by atoms with van der Waals surface area (Å²) in [6, 6.07) is 8.36. The van der Waals surface area contributed by atoms with E-state index in [1.54, 1.807) is 0 Å². The van der Waals surface area contributed by atoms with Crippen LogP contribution in [0.15, 0.2) is 33.7 Å². The summed E-state index contributed by atoms with van der Waals surface area (Å²) < 4.78 is 1.08. The number of benzene rings is 1. The lowest BCUT2D eigenvalue weighted by atomic mass is 10.2. The lowest BCUT2D eigenvalue weighted by molar-refractivity contribution is -0.121. The van der Waals surface area contributed by atoms with E-state index in [2.05, 4.69) is 49.4 Å². The van der Waals surface area contributed by atoms with Crippen molar-refractivity contribution in [2.24, 2.45) is 4.99 Å². The van der Waals surface area contributed by atoms with Crippen molar-refractivity contribution in [3.05, 3.63) is 34.3 Å². The minimum atomic E-state index is 0. The Bertz CT molecular complexity index is 554. The molecule has 0 aliphatic carbocycles. The van der Waals surface area contributed by atoms with E-state index in [0.29, 0.717) is 13.0 Å². The number of guanidine groups is 1. The number of carbonyl (C=O) groups excluding carboxylic acids is 1. The maximum atomic E-state index is 11.8. The molecule has 7 heteroatoms. The molecule has 1 aromatic rings. The van der Waals surface area contributed by atoms with Gasteiger partial charge in [0.25, 0.3) is 0 Å².